The Kier molecular flexibility index (Phi) is 5.34. The number of cyclic esters (lactones) is 1. The van der Waals surface area contributed by atoms with Gasteiger partial charge in [0.15, 0.2) is 5.96 Å². The molecule has 0 aromatic rings. The van der Waals surface area contributed by atoms with Gasteiger partial charge in [0.2, 0.25) is 5.91 Å². The average molecular weight is 326 g/mol. The van der Waals surface area contributed by atoms with Crippen LogP contribution >= 0.6 is 0 Å². The van der Waals surface area contributed by atoms with Gasteiger partial charge in [-0.15, -0.1) is 0 Å². The number of esters is 1. The number of carbonyl (C=O) groups excluding carboxylic acids is 2. The van der Waals surface area contributed by atoms with Crippen LogP contribution in [0.3, 0.4) is 0 Å². The van der Waals surface area contributed by atoms with E-state index in [1.54, 1.807) is 0 Å². The van der Waals surface area contributed by atoms with Crippen LogP contribution in [0.5, 0.6) is 0 Å². The van der Waals surface area contributed by atoms with Gasteiger partial charge in [-0.25, -0.2) is 0 Å². The Balaban J connectivity index is 2.12. The summed E-state index contributed by atoms with van der Waals surface area (Å²) in [6, 6.07) is 0. The predicted molar refractivity (Wildman–Crippen MR) is 88.8 cm³/mol. The number of nitrogens with zero attached hydrogens (tertiary/aromatic N) is 2. The fourth-order valence-electron chi connectivity index (χ4n) is 2.85. The van der Waals surface area contributed by atoms with E-state index in [0.29, 0.717) is 17.2 Å². The highest BCUT2D eigenvalue weighted by atomic mass is 16.5. The zero-order valence-electron chi connectivity index (χ0n) is 16.6. The third kappa shape index (κ3) is 6.59. The number of amides is 1. The minimum Gasteiger partial charge on any atom is -0.461 e. The van der Waals surface area contributed by atoms with E-state index in [1.807, 2.05) is 0 Å². The van der Waals surface area contributed by atoms with Crippen LogP contribution in [0.1, 0.15) is 68.3 Å². The van der Waals surface area contributed by atoms with Crippen LogP contribution < -0.4 is 5.73 Å². The average Bonchev–Trinajstić information content (AvgIpc) is 3.36. The summed E-state index contributed by atoms with van der Waals surface area (Å²) in [5.41, 5.74) is 5.72. The molecule has 0 aromatic carbocycles. The lowest BCUT2D eigenvalue weighted by Gasteiger charge is -2.21. The van der Waals surface area contributed by atoms with E-state index in [1.165, 1.54) is 0 Å². The largest absolute Gasteiger partial charge is 0.461 e. The van der Waals surface area contributed by atoms with E-state index in [-0.39, 0.29) is 12.5 Å². The van der Waals surface area contributed by atoms with Crippen LogP contribution in [0, 0.1) is 5.92 Å². The molecular weight excluding hydrogens is 294 g/mol. The molecule has 2 aliphatic rings. The van der Waals surface area contributed by atoms with E-state index in [9.17, 15) is 9.59 Å². The van der Waals surface area contributed by atoms with Crippen molar-refractivity contribution in [3.8, 4) is 0 Å². The molecular formula is C17H29N3O3. The predicted octanol–water partition coefficient (Wildman–Crippen LogP) is 2.22. The third-order valence-corrected chi connectivity index (χ3v) is 4.36. The topological polar surface area (TPSA) is 85.0 Å². The standard InChI is InChI=1S/C17H29N3O3/c1-20-12-16(22)23-14(13-10-11-13)8-6-4-2-3-5-7-9-15(21)19-17(20)18/h13-14H,2-12H2,1H3,(H2,18,19,21)/i1D3. The fraction of sp³-hybridized carbons (Fsp3) is 0.824. The molecule has 6 nitrogen and oxygen atoms in total. The number of aliphatic imine (C=N–C) groups is 1. The minimum atomic E-state index is -2.67. The van der Waals surface area contributed by atoms with Crippen LogP contribution in [0.4, 0.5) is 0 Å². The second-order valence-electron chi connectivity index (χ2n) is 6.48. The Morgan fingerprint density at radius 2 is 1.83 bits per heavy atom. The molecule has 1 amide bonds. The maximum atomic E-state index is 12.3. The van der Waals surface area contributed by atoms with Crippen molar-refractivity contribution in [2.24, 2.45) is 16.6 Å². The van der Waals surface area contributed by atoms with Gasteiger partial charge in [0.05, 0.1) is 0 Å². The number of ether oxygens (including phenoxy) is 1. The Hall–Kier alpha value is -1.59. The number of rotatable bonds is 1. The summed E-state index contributed by atoms with van der Waals surface area (Å²) in [5.74, 6) is -1.18. The maximum absolute atomic E-state index is 12.3. The first-order chi connectivity index (χ1) is 12.3. The molecule has 1 fully saturated rings. The summed E-state index contributed by atoms with van der Waals surface area (Å²) < 4.78 is 28.3. The molecule has 130 valence electrons. The van der Waals surface area contributed by atoms with Crippen molar-refractivity contribution < 1.29 is 18.4 Å². The molecule has 1 unspecified atom stereocenters. The molecule has 2 rings (SSSR count). The quantitative estimate of drug-likeness (QED) is 0.747. The van der Waals surface area contributed by atoms with Crippen LogP contribution in [0.15, 0.2) is 4.99 Å². The number of hydrogen-bond donors (Lipinski definition) is 1. The van der Waals surface area contributed by atoms with Crippen molar-refractivity contribution in [1.82, 2.24) is 4.90 Å². The molecule has 1 aliphatic carbocycles. The molecule has 0 bridgehead atoms. The van der Waals surface area contributed by atoms with Gasteiger partial charge in [-0.05, 0) is 38.0 Å². The van der Waals surface area contributed by atoms with Crippen LogP contribution in [0.2, 0.25) is 0 Å². The SMILES string of the molecule is [2H]C([2H])([2H])N1CC(=O)OC(C2CC2)CCCCCCCCC(=O)N=C1N. The summed E-state index contributed by atoms with van der Waals surface area (Å²) >= 11 is 0. The fourth-order valence-corrected chi connectivity index (χ4v) is 2.85. The van der Waals surface area contributed by atoms with Crippen molar-refractivity contribution >= 4 is 17.8 Å². The summed E-state index contributed by atoms with van der Waals surface area (Å²) in [7, 11) is 0. The minimum absolute atomic E-state index is 0.159. The van der Waals surface area contributed by atoms with Crippen molar-refractivity contribution in [3.05, 3.63) is 0 Å². The van der Waals surface area contributed by atoms with Crippen LogP contribution in [-0.4, -0.2) is 42.4 Å². The molecule has 1 atom stereocenters. The zero-order chi connectivity index (χ0) is 19.2. The summed E-state index contributed by atoms with van der Waals surface area (Å²) in [5, 5.41) is 0. The Bertz CT molecular complexity index is 533. The van der Waals surface area contributed by atoms with Gasteiger partial charge in [0.25, 0.3) is 0 Å². The molecule has 2 N–H and O–H groups in total. The molecule has 0 spiro atoms. The first-order valence-electron chi connectivity index (χ1n) is 10.1. The first kappa shape index (κ1) is 13.8. The van der Waals surface area contributed by atoms with E-state index in [2.05, 4.69) is 4.99 Å². The van der Waals surface area contributed by atoms with E-state index in [4.69, 9.17) is 14.6 Å². The van der Waals surface area contributed by atoms with Crippen molar-refractivity contribution in [1.29, 1.82) is 0 Å². The molecule has 1 aliphatic heterocycles. The Morgan fingerprint density at radius 3 is 2.52 bits per heavy atom. The summed E-state index contributed by atoms with van der Waals surface area (Å²) in [4.78, 5) is 28.5. The lowest BCUT2D eigenvalue weighted by Crippen LogP contribution is -2.39. The lowest BCUT2D eigenvalue weighted by atomic mass is 10.0. The second kappa shape index (κ2) is 8.89. The van der Waals surface area contributed by atoms with Crippen molar-refractivity contribution in [3.63, 3.8) is 0 Å². The molecule has 1 saturated carbocycles. The lowest BCUT2D eigenvalue weighted by molar-refractivity contribution is -0.150. The summed E-state index contributed by atoms with van der Waals surface area (Å²) in [6.07, 6.45) is 8.80. The zero-order valence-corrected chi connectivity index (χ0v) is 13.6. The van der Waals surface area contributed by atoms with Gasteiger partial charge in [0, 0.05) is 17.5 Å². The van der Waals surface area contributed by atoms with Gasteiger partial charge < -0.3 is 15.4 Å². The van der Waals surface area contributed by atoms with Crippen LogP contribution in [-0.2, 0) is 14.3 Å². The molecule has 0 saturated heterocycles. The monoisotopic (exact) mass is 326 g/mol. The highest BCUT2D eigenvalue weighted by molar-refractivity contribution is 5.93. The number of nitrogens with two attached hydrogens (primary N) is 1. The van der Waals surface area contributed by atoms with Crippen molar-refractivity contribution in [2.75, 3.05) is 13.5 Å². The van der Waals surface area contributed by atoms with Gasteiger partial charge >= 0.3 is 5.97 Å². The number of hydrogen-bond acceptors (Lipinski definition) is 5. The number of guanidine groups is 1. The van der Waals surface area contributed by atoms with Crippen LogP contribution in [0.25, 0.3) is 0 Å². The summed E-state index contributed by atoms with van der Waals surface area (Å²) in [6.45, 7) is -3.21. The molecule has 1 heterocycles. The van der Waals surface area contributed by atoms with Crippen molar-refractivity contribution in [2.45, 2.75) is 70.3 Å². The normalized spacial score (nSPS) is 29.0. The Labute approximate surface area is 142 Å². The highest BCUT2D eigenvalue weighted by Crippen LogP contribution is 2.36. The Morgan fingerprint density at radius 1 is 1.13 bits per heavy atom. The molecule has 0 aromatic heterocycles. The second-order valence-corrected chi connectivity index (χ2v) is 6.48. The van der Waals surface area contributed by atoms with Gasteiger partial charge in [-0.1, -0.05) is 25.7 Å². The number of likely N-dealkylation sites (N-methyl/N-ethyl adjacent to an activating group) is 1. The van der Waals surface area contributed by atoms with E-state index in [0.717, 1.165) is 51.4 Å². The van der Waals surface area contributed by atoms with Gasteiger partial charge in [-0.2, -0.15) is 4.99 Å². The number of carbonyl (C=O) groups is 2. The smallest absolute Gasteiger partial charge is 0.325 e. The van der Waals surface area contributed by atoms with Gasteiger partial charge in [-0.3, -0.25) is 9.59 Å². The van der Waals surface area contributed by atoms with E-state index >= 15 is 0 Å². The van der Waals surface area contributed by atoms with Gasteiger partial charge in [0.1, 0.15) is 12.6 Å². The maximum Gasteiger partial charge on any atom is 0.325 e. The molecule has 23 heavy (non-hydrogen) atoms. The molecule has 0 radical (unpaired) electrons. The first-order valence-corrected chi connectivity index (χ1v) is 8.61. The van der Waals surface area contributed by atoms with E-state index < -0.39 is 31.4 Å². The highest BCUT2D eigenvalue weighted by Gasteiger charge is 2.33. The molecule has 6 heteroatoms. The third-order valence-electron chi connectivity index (χ3n) is 4.36.